The number of nitrogens with one attached hydrogen (secondary N) is 1. The highest BCUT2D eigenvalue weighted by Gasteiger charge is 2.11. The lowest BCUT2D eigenvalue weighted by Crippen LogP contribution is -2.17. The predicted octanol–water partition coefficient (Wildman–Crippen LogP) is 4.13. The minimum Gasteiger partial charge on any atom is -0.507 e. The van der Waals surface area contributed by atoms with Crippen LogP contribution < -0.4 is 5.43 Å². The Hall–Kier alpha value is -2.18. The zero-order chi connectivity index (χ0) is 15.5. The number of fused-ring (bicyclic) bond motifs is 1. The van der Waals surface area contributed by atoms with Gasteiger partial charge in [0.2, 0.25) is 0 Å². The van der Waals surface area contributed by atoms with Gasteiger partial charge in [0.1, 0.15) is 5.75 Å². The second kappa shape index (κ2) is 6.29. The van der Waals surface area contributed by atoms with Crippen molar-refractivity contribution in [3.63, 3.8) is 0 Å². The van der Waals surface area contributed by atoms with Crippen molar-refractivity contribution in [3.8, 4) is 5.75 Å². The van der Waals surface area contributed by atoms with Gasteiger partial charge in [-0.15, -0.1) is 11.3 Å². The number of amides is 1. The Morgan fingerprint density at radius 2 is 1.95 bits per heavy atom. The van der Waals surface area contributed by atoms with Crippen LogP contribution in [0.4, 0.5) is 0 Å². The molecular formula is C16H11BrN2O2S. The lowest BCUT2D eigenvalue weighted by molar-refractivity contribution is 0.0952. The fourth-order valence-corrected chi connectivity index (χ4v) is 3.32. The summed E-state index contributed by atoms with van der Waals surface area (Å²) in [5, 5.41) is 17.6. The minimum absolute atomic E-state index is 0.0646. The standard InChI is InChI=1S/C16H11BrN2O2S/c17-12-7-13(22-9-12)8-18-19-16(21)14-5-10-3-1-2-4-11(10)6-15(14)20/h1-9,20H,(H,19,21). The lowest BCUT2D eigenvalue weighted by atomic mass is 10.1. The van der Waals surface area contributed by atoms with Crippen LogP contribution >= 0.6 is 27.3 Å². The van der Waals surface area contributed by atoms with Crippen LogP contribution in [0.1, 0.15) is 15.2 Å². The highest BCUT2D eigenvalue weighted by molar-refractivity contribution is 9.10. The summed E-state index contributed by atoms with van der Waals surface area (Å²) in [5.41, 5.74) is 2.62. The molecule has 0 bridgehead atoms. The maximum Gasteiger partial charge on any atom is 0.275 e. The van der Waals surface area contributed by atoms with E-state index in [2.05, 4.69) is 26.5 Å². The SMILES string of the molecule is O=C(NN=Cc1cc(Br)cs1)c1cc2ccccc2cc1O. The number of nitrogens with zero attached hydrogens (tertiary/aromatic N) is 1. The van der Waals surface area contributed by atoms with Crippen molar-refractivity contribution in [2.24, 2.45) is 5.10 Å². The quantitative estimate of drug-likeness (QED) is 0.534. The summed E-state index contributed by atoms with van der Waals surface area (Å²) in [5.74, 6) is -0.514. The molecule has 0 fully saturated rings. The van der Waals surface area contributed by atoms with E-state index >= 15 is 0 Å². The molecule has 0 saturated heterocycles. The van der Waals surface area contributed by atoms with Gasteiger partial charge in [0.25, 0.3) is 5.91 Å². The molecule has 4 nitrogen and oxygen atoms in total. The Morgan fingerprint density at radius 1 is 1.23 bits per heavy atom. The van der Waals surface area contributed by atoms with E-state index in [4.69, 9.17) is 0 Å². The van der Waals surface area contributed by atoms with Crippen LogP contribution in [0.25, 0.3) is 10.8 Å². The molecule has 0 radical (unpaired) electrons. The van der Waals surface area contributed by atoms with E-state index < -0.39 is 5.91 Å². The number of carbonyl (C=O) groups excluding carboxylic acids is 1. The van der Waals surface area contributed by atoms with E-state index in [9.17, 15) is 9.90 Å². The molecule has 1 aromatic heterocycles. The second-order valence-corrected chi connectivity index (χ2v) is 6.44. The van der Waals surface area contributed by atoms with Crippen molar-refractivity contribution in [2.75, 3.05) is 0 Å². The molecule has 1 amide bonds. The van der Waals surface area contributed by atoms with Crippen molar-refractivity contribution in [3.05, 3.63) is 62.8 Å². The van der Waals surface area contributed by atoms with Gasteiger partial charge in [0.15, 0.2) is 0 Å². The van der Waals surface area contributed by atoms with Gasteiger partial charge in [-0.05, 0) is 44.9 Å². The van der Waals surface area contributed by atoms with Crippen molar-refractivity contribution >= 4 is 50.2 Å². The van der Waals surface area contributed by atoms with Crippen molar-refractivity contribution in [2.45, 2.75) is 0 Å². The van der Waals surface area contributed by atoms with E-state index in [1.54, 1.807) is 18.3 Å². The van der Waals surface area contributed by atoms with Gasteiger partial charge >= 0.3 is 0 Å². The van der Waals surface area contributed by atoms with E-state index in [0.29, 0.717) is 0 Å². The number of aromatic hydroxyl groups is 1. The van der Waals surface area contributed by atoms with Crippen LogP contribution in [-0.4, -0.2) is 17.2 Å². The van der Waals surface area contributed by atoms with E-state index in [-0.39, 0.29) is 11.3 Å². The fraction of sp³-hybridized carbons (Fsp3) is 0. The highest BCUT2D eigenvalue weighted by atomic mass is 79.9. The first-order valence-corrected chi connectivity index (χ1v) is 8.10. The topological polar surface area (TPSA) is 61.7 Å². The monoisotopic (exact) mass is 374 g/mol. The first-order chi connectivity index (χ1) is 10.6. The molecule has 1 heterocycles. The van der Waals surface area contributed by atoms with E-state index in [0.717, 1.165) is 20.1 Å². The molecule has 2 aromatic carbocycles. The summed E-state index contributed by atoms with van der Waals surface area (Å²) in [4.78, 5) is 13.0. The number of thiophene rings is 1. The van der Waals surface area contributed by atoms with Crippen LogP contribution in [0.3, 0.4) is 0 Å². The third-order valence-corrected chi connectivity index (χ3v) is 4.68. The molecule has 0 atom stereocenters. The first-order valence-electron chi connectivity index (χ1n) is 6.43. The number of phenols is 1. The molecule has 3 rings (SSSR count). The normalized spacial score (nSPS) is 11.1. The molecule has 0 saturated carbocycles. The van der Waals surface area contributed by atoms with Gasteiger partial charge in [0, 0.05) is 14.7 Å². The van der Waals surface area contributed by atoms with Crippen LogP contribution in [-0.2, 0) is 0 Å². The molecule has 0 unspecified atom stereocenters. The van der Waals surface area contributed by atoms with Gasteiger partial charge in [-0.25, -0.2) is 5.43 Å². The Labute approximate surface area is 139 Å². The molecule has 22 heavy (non-hydrogen) atoms. The van der Waals surface area contributed by atoms with Crippen molar-refractivity contribution < 1.29 is 9.90 Å². The van der Waals surface area contributed by atoms with Gasteiger partial charge in [0.05, 0.1) is 11.8 Å². The van der Waals surface area contributed by atoms with Crippen LogP contribution in [0.5, 0.6) is 5.75 Å². The van der Waals surface area contributed by atoms with Gasteiger partial charge < -0.3 is 5.11 Å². The van der Waals surface area contributed by atoms with Crippen molar-refractivity contribution in [1.82, 2.24) is 5.43 Å². The van der Waals surface area contributed by atoms with Crippen molar-refractivity contribution in [1.29, 1.82) is 0 Å². The molecule has 0 spiro atoms. The zero-order valence-corrected chi connectivity index (χ0v) is 13.7. The van der Waals surface area contributed by atoms with Gasteiger partial charge in [-0.1, -0.05) is 24.3 Å². The number of phenolic OH excluding ortho intramolecular Hbond substituents is 1. The summed E-state index contributed by atoms with van der Waals surface area (Å²) in [7, 11) is 0. The molecule has 3 aromatic rings. The Bertz CT molecular complexity index is 873. The van der Waals surface area contributed by atoms with E-state index in [1.165, 1.54) is 11.3 Å². The van der Waals surface area contributed by atoms with Crippen LogP contribution in [0.2, 0.25) is 0 Å². The maximum absolute atomic E-state index is 12.1. The average Bonchev–Trinajstić information content (AvgIpc) is 2.92. The summed E-state index contributed by atoms with van der Waals surface area (Å²) >= 11 is 4.86. The molecule has 6 heteroatoms. The molecule has 0 aliphatic heterocycles. The number of hydrazone groups is 1. The molecule has 110 valence electrons. The number of hydrogen-bond donors (Lipinski definition) is 2. The fourth-order valence-electron chi connectivity index (χ4n) is 2.02. The van der Waals surface area contributed by atoms with Crippen LogP contribution in [0, 0.1) is 0 Å². The first kappa shape index (κ1) is 14.7. The lowest BCUT2D eigenvalue weighted by Gasteiger charge is -2.05. The van der Waals surface area contributed by atoms with Gasteiger partial charge in [-0.3, -0.25) is 4.79 Å². The Balaban J connectivity index is 1.80. The number of hydrogen-bond acceptors (Lipinski definition) is 4. The summed E-state index contributed by atoms with van der Waals surface area (Å²) < 4.78 is 0.970. The van der Waals surface area contributed by atoms with Crippen LogP contribution in [0.15, 0.2) is 57.4 Å². The van der Waals surface area contributed by atoms with E-state index in [1.807, 2.05) is 35.7 Å². The third kappa shape index (κ3) is 3.18. The predicted molar refractivity (Wildman–Crippen MR) is 92.7 cm³/mol. The maximum atomic E-state index is 12.1. The molecular weight excluding hydrogens is 364 g/mol. The average molecular weight is 375 g/mol. The number of carbonyl (C=O) groups is 1. The highest BCUT2D eigenvalue weighted by Crippen LogP contribution is 2.24. The number of halogens is 1. The third-order valence-electron chi connectivity index (χ3n) is 3.05. The molecule has 0 aliphatic carbocycles. The smallest absolute Gasteiger partial charge is 0.275 e. The van der Waals surface area contributed by atoms with Gasteiger partial charge in [-0.2, -0.15) is 5.10 Å². The summed E-state index contributed by atoms with van der Waals surface area (Å²) in [6.07, 6.45) is 1.56. The summed E-state index contributed by atoms with van der Waals surface area (Å²) in [6, 6.07) is 12.6. The number of benzene rings is 2. The number of rotatable bonds is 3. The largest absolute Gasteiger partial charge is 0.507 e. The summed E-state index contributed by atoms with van der Waals surface area (Å²) in [6.45, 7) is 0. The Kier molecular flexibility index (Phi) is 4.22. The molecule has 0 aliphatic rings. The minimum atomic E-state index is -0.449. The zero-order valence-electron chi connectivity index (χ0n) is 11.3. The molecule has 2 N–H and O–H groups in total. The Morgan fingerprint density at radius 3 is 2.64 bits per heavy atom. The second-order valence-electron chi connectivity index (χ2n) is 4.58.